The molecule has 1 aromatic carbocycles. The minimum atomic E-state index is 0.553. The normalized spacial score (nSPS) is 12.6. The van der Waals surface area contributed by atoms with Gasteiger partial charge in [-0.25, -0.2) is 0 Å². The van der Waals surface area contributed by atoms with Gasteiger partial charge in [0.1, 0.15) is 0 Å². The number of methoxy groups -OCH3 is 1. The first-order valence-electron chi connectivity index (χ1n) is 6.54. The van der Waals surface area contributed by atoms with E-state index >= 15 is 0 Å². The van der Waals surface area contributed by atoms with Crippen LogP contribution in [0, 0.1) is 0 Å². The van der Waals surface area contributed by atoms with E-state index in [2.05, 4.69) is 36.5 Å². The Morgan fingerprint density at radius 3 is 2.35 bits per heavy atom. The molecule has 0 spiro atoms. The lowest BCUT2D eigenvalue weighted by molar-refractivity contribution is 0.189. The average Bonchev–Trinajstić information content (AvgIpc) is 2.38. The molecule has 0 aliphatic heterocycles. The second-order valence-corrected chi connectivity index (χ2v) is 4.49. The molecule has 0 saturated heterocycles. The highest BCUT2D eigenvalue weighted by atomic mass is 16.5. The maximum Gasteiger partial charge on any atom is 0.0462 e. The summed E-state index contributed by atoms with van der Waals surface area (Å²) in [6.07, 6.45) is 4.50. The van der Waals surface area contributed by atoms with Crippen molar-refractivity contribution in [2.24, 2.45) is 0 Å². The van der Waals surface area contributed by atoms with Crippen LogP contribution in [0.15, 0.2) is 24.3 Å². The van der Waals surface area contributed by atoms with Crippen LogP contribution in [-0.4, -0.2) is 26.8 Å². The van der Waals surface area contributed by atoms with Gasteiger partial charge in [0, 0.05) is 19.8 Å². The summed E-state index contributed by atoms with van der Waals surface area (Å²) in [4.78, 5) is 0. The SMILES string of the molecule is CCc1ccc(CC(CCCOC)NC)cc1. The highest BCUT2D eigenvalue weighted by molar-refractivity contribution is 5.23. The summed E-state index contributed by atoms with van der Waals surface area (Å²) in [6.45, 7) is 3.04. The number of nitrogens with one attached hydrogen (secondary N) is 1. The van der Waals surface area contributed by atoms with E-state index in [4.69, 9.17) is 4.74 Å². The monoisotopic (exact) mass is 235 g/mol. The van der Waals surface area contributed by atoms with Gasteiger partial charge in [0.25, 0.3) is 0 Å². The zero-order valence-electron chi connectivity index (χ0n) is 11.3. The average molecular weight is 235 g/mol. The molecular weight excluding hydrogens is 210 g/mol. The second-order valence-electron chi connectivity index (χ2n) is 4.49. The van der Waals surface area contributed by atoms with Crippen LogP contribution in [0.5, 0.6) is 0 Å². The van der Waals surface area contributed by atoms with E-state index in [1.54, 1.807) is 7.11 Å². The van der Waals surface area contributed by atoms with Crippen LogP contribution in [0.3, 0.4) is 0 Å². The number of benzene rings is 1. The van der Waals surface area contributed by atoms with Gasteiger partial charge in [-0.05, 0) is 43.9 Å². The van der Waals surface area contributed by atoms with Crippen molar-refractivity contribution in [3.63, 3.8) is 0 Å². The third kappa shape index (κ3) is 5.33. The minimum absolute atomic E-state index is 0.553. The second kappa shape index (κ2) is 8.26. The number of aryl methyl sites for hydroxylation is 1. The van der Waals surface area contributed by atoms with Crippen molar-refractivity contribution in [2.45, 2.75) is 38.6 Å². The minimum Gasteiger partial charge on any atom is -0.385 e. The number of likely N-dealkylation sites (N-methyl/N-ethyl adjacent to an activating group) is 1. The fourth-order valence-corrected chi connectivity index (χ4v) is 2.02. The maximum absolute atomic E-state index is 5.09. The van der Waals surface area contributed by atoms with Gasteiger partial charge < -0.3 is 10.1 Å². The van der Waals surface area contributed by atoms with Crippen molar-refractivity contribution in [1.29, 1.82) is 0 Å². The molecule has 0 fully saturated rings. The molecule has 2 nitrogen and oxygen atoms in total. The summed E-state index contributed by atoms with van der Waals surface area (Å²) >= 11 is 0. The summed E-state index contributed by atoms with van der Waals surface area (Å²) in [5.74, 6) is 0. The molecular formula is C15H25NO. The van der Waals surface area contributed by atoms with E-state index in [1.807, 2.05) is 7.05 Å². The fraction of sp³-hybridized carbons (Fsp3) is 0.600. The van der Waals surface area contributed by atoms with Gasteiger partial charge in [-0.3, -0.25) is 0 Å². The van der Waals surface area contributed by atoms with Gasteiger partial charge >= 0.3 is 0 Å². The lowest BCUT2D eigenvalue weighted by Crippen LogP contribution is -2.27. The summed E-state index contributed by atoms with van der Waals surface area (Å²) in [6, 6.07) is 9.52. The molecule has 0 saturated carbocycles. The number of hydrogen-bond donors (Lipinski definition) is 1. The summed E-state index contributed by atoms with van der Waals surface area (Å²) in [7, 11) is 3.80. The van der Waals surface area contributed by atoms with Crippen molar-refractivity contribution in [3.8, 4) is 0 Å². The van der Waals surface area contributed by atoms with Crippen molar-refractivity contribution in [3.05, 3.63) is 35.4 Å². The molecule has 2 heteroatoms. The highest BCUT2D eigenvalue weighted by Gasteiger charge is 2.06. The lowest BCUT2D eigenvalue weighted by atomic mass is 10.0. The zero-order valence-corrected chi connectivity index (χ0v) is 11.3. The van der Waals surface area contributed by atoms with E-state index in [0.717, 1.165) is 25.9 Å². The molecule has 0 heterocycles. The standard InChI is InChI=1S/C15H25NO/c1-4-13-7-9-14(10-8-13)12-15(16-2)6-5-11-17-3/h7-10,15-16H,4-6,11-12H2,1-3H3. The van der Waals surface area contributed by atoms with Crippen LogP contribution in [0.2, 0.25) is 0 Å². The molecule has 0 aliphatic carbocycles. The molecule has 1 aromatic rings. The Kier molecular flexibility index (Phi) is 6.90. The fourth-order valence-electron chi connectivity index (χ4n) is 2.02. The lowest BCUT2D eigenvalue weighted by Gasteiger charge is -2.16. The molecule has 0 amide bonds. The van der Waals surface area contributed by atoms with E-state index in [-0.39, 0.29) is 0 Å². The Labute approximate surface area is 105 Å². The number of rotatable bonds is 8. The summed E-state index contributed by atoms with van der Waals surface area (Å²) in [5.41, 5.74) is 2.83. The number of hydrogen-bond acceptors (Lipinski definition) is 2. The first-order valence-corrected chi connectivity index (χ1v) is 6.54. The first kappa shape index (κ1) is 14.2. The first-order chi connectivity index (χ1) is 8.30. The smallest absolute Gasteiger partial charge is 0.0462 e. The predicted molar refractivity (Wildman–Crippen MR) is 73.5 cm³/mol. The van der Waals surface area contributed by atoms with Crippen molar-refractivity contribution in [2.75, 3.05) is 20.8 Å². The molecule has 0 bridgehead atoms. The largest absolute Gasteiger partial charge is 0.385 e. The van der Waals surface area contributed by atoms with Gasteiger partial charge in [-0.15, -0.1) is 0 Å². The van der Waals surface area contributed by atoms with Gasteiger partial charge in [0.15, 0.2) is 0 Å². The van der Waals surface area contributed by atoms with Crippen LogP contribution in [-0.2, 0) is 17.6 Å². The third-order valence-electron chi connectivity index (χ3n) is 3.22. The summed E-state index contributed by atoms with van der Waals surface area (Å²) < 4.78 is 5.09. The van der Waals surface area contributed by atoms with Crippen molar-refractivity contribution in [1.82, 2.24) is 5.32 Å². The van der Waals surface area contributed by atoms with Gasteiger partial charge in [0.2, 0.25) is 0 Å². The molecule has 1 rings (SSSR count). The van der Waals surface area contributed by atoms with E-state index in [1.165, 1.54) is 17.5 Å². The Balaban J connectivity index is 2.43. The van der Waals surface area contributed by atoms with E-state index in [0.29, 0.717) is 6.04 Å². The Hall–Kier alpha value is -0.860. The number of ether oxygens (including phenoxy) is 1. The quantitative estimate of drug-likeness (QED) is 0.700. The van der Waals surface area contributed by atoms with Crippen molar-refractivity contribution >= 4 is 0 Å². The maximum atomic E-state index is 5.09. The van der Waals surface area contributed by atoms with Crippen LogP contribution < -0.4 is 5.32 Å². The summed E-state index contributed by atoms with van der Waals surface area (Å²) in [5, 5.41) is 3.38. The highest BCUT2D eigenvalue weighted by Crippen LogP contribution is 2.10. The van der Waals surface area contributed by atoms with Crippen LogP contribution >= 0.6 is 0 Å². The molecule has 0 radical (unpaired) electrons. The van der Waals surface area contributed by atoms with E-state index in [9.17, 15) is 0 Å². The molecule has 17 heavy (non-hydrogen) atoms. The van der Waals surface area contributed by atoms with Gasteiger partial charge in [0.05, 0.1) is 0 Å². The Bertz CT molecular complexity index is 294. The molecule has 0 aromatic heterocycles. The van der Waals surface area contributed by atoms with Crippen LogP contribution in [0.25, 0.3) is 0 Å². The molecule has 0 aliphatic rings. The van der Waals surface area contributed by atoms with Gasteiger partial charge in [-0.2, -0.15) is 0 Å². The molecule has 96 valence electrons. The Morgan fingerprint density at radius 2 is 1.82 bits per heavy atom. The van der Waals surface area contributed by atoms with E-state index < -0.39 is 0 Å². The van der Waals surface area contributed by atoms with Crippen LogP contribution in [0.1, 0.15) is 30.9 Å². The molecule has 1 atom stereocenters. The zero-order chi connectivity index (χ0) is 12.5. The molecule has 1 N–H and O–H groups in total. The topological polar surface area (TPSA) is 21.3 Å². The Morgan fingerprint density at radius 1 is 1.18 bits per heavy atom. The van der Waals surface area contributed by atoms with Gasteiger partial charge in [-0.1, -0.05) is 31.2 Å². The third-order valence-corrected chi connectivity index (χ3v) is 3.22. The van der Waals surface area contributed by atoms with Crippen molar-refractivity contribution < 1.29 is 4.74 Å². The predicted octanol–water partition coefficient (Wildman–Crippen LogP) is 2.81. The molecule has 1 unspecified atom stereocenters. The van der Waals surface area contributed by atoms with Crippen LogP contribution in [0.4, 0.5) is 0 Å².